The van der Waals surface area contributed by atoms with Crippen LogP contribution in [0.15, 0.2) is 47.1 Å². The lowest BCUT2D eigenvalue weighted by atomic mass is 10.0. The number of carboxylic acids is 1. The fourth-order valence-corrected chi connectivity index (χ4v) is 4.90. The lowest BCUT2D eigenvalue weighted by Crippen LogP contribution is -2.38. The van der Waals surface area contributed by atoms with Gasteiger partial charge in [-0.1, -0.05) is 31.2 Å². The number of ether oxygens (including phenoxy) is 2. The van der Waals surface area contributed by atoms with E-state index in [0.29, 0.717) is 29.3 Å². The van der Waals surface area contributed by atoms with Gasteiger partial charge in [0.25, 0.3) is 0 Å². The zero-order chi connectivity index (χ0) is 27.8. The number of rotatable bonds is 12. The molecule has 7 nitrogen and oxygen atoms in total. The molecule has 0 heterocycles. The maximum absolute atomic E-state index is 11.7. The third-order valence-electron chi connectivity index (χ3n) is 6.15. The lowest BCUT2D eigenvalue weighted by Gasteiger charge is -2.25. The molecule has 0 spiro atoms. The molecule has 0 aliphatic rings. The molecule has 0 atom stereocenters. The van der Waals surface area contributed by atoms with Crippen molar-refractivity contribution in [2.24, 2.45) is 4.99 Å². The summed E-state index contributed by atoms with van der Waals surface area (Å²) in [7, 11) is 1.62. The summed E-state index contributed by atoms with van der Waals surface area (Å²) in [5, 5.41) is 9.43. The second kappa shape index (κ2) is 13.8. The number of carbonyl (C=O) groups is 1. The summed E-state index contributed by atoms with van der Waals surface area (Å²) in [6.07, 6.45) is 2.88. The quantitative estimate of drug-likeness (QED) is 0.0958. The third kappa shape index (κ3) is 8.46. The van der Waals surface area contributed by atoms with E-state index in [1.54, 1.807) is 7.11 Å². The smallest absolute Gasteiger partial charge is 0.347 e. The van der Waals surface area contributed by atoms with Crippen LogP contribution in [-0.4, -0.2) is 45.7 Å². The van der Waals surface area contributed by atoms with E-state index in [-0.39, 0.29) is 0 Å². The molecule has 0 unspecified atom stereocenters. The number of methoxy groups -OCH3 is 1. The minimum absolute atomic E-state index is 0.473. The molecule has 202 valence electrons. The first-order valence-corrected chi connectivity index (χ1v) is 14.7. The van der Waals surface area contributed by atoms with E-state index in [9.17, 15) is 13.0 Å². The Morgan fingerprint density at radius 1 is 1.14 bits per heavy atom. The van der Waals surface area contributed by atoms with Crippen molar-refractivity contribution in [2.45, 2.75) is 67.0 Å². The number of allylic oxidation sites excluding steroid dienone is 1. The third-order valence-corrected chi connectivity index (χ3v) is 7.39. The molecule has 0 aliphatic heterocycles. The number of nitrogens with zero attached hydrogens (tertiary/aromatic N) is 2. The summed E-state index contributed by atoms with van der Waals surface area (Å²) in [6, 6.07) is 10.2. The first-order chi connectivity index (χ1) is 17.4. The van der Waals surface area contributed by atoms with Crippen LogP contribution in [0.3, 0.4) is 0 Å². The maximum atomic E-state index is 11.7. The number of carboxylic acid groups (broad SMARTS) is 1. The molecule has 0 amide bonds. The molecule has 8 heteroatoms. The Balaban J connectivity index is 2.29. The monoisotopic (exact) mass is 622 g/mol. The number of benzene rings is 2. The van der Waals surface area contributed by atoms with E-state index >= 15 is 0 Å². The highest BCUT2D eigenvalue weighted by Gasteiger charge is 2.30. The van der Waals surface area contributed by atoms with Crippen molar-refractivity contribution in [3.8, 4) is 5.75 Å². The van der Waals surface area contributed by atoms with Gasteiger partial charge in [-0.15, -0.1) is 0 Å². The predicted octanol–water partition coefficient (Wildman–Crippen LogP) is 6.49. The molecule has 0 radical (unpaired) electrons. The Morgan fingerprint density at radius 3 is 2.30 bits per heavy atom. The van der Waals surface area contributed by atoms with Crippen LogP contribution >= 0.6 is 21.2 Å². The van der Waals surface area contributed by atoms with E-state index in [1.165, 1.54) is 25.0 Å². The highest BCUT2D eigenvalue weighted by Crippen LogP contribution is 2.29. The van der Waals surface area contributed by atoms with E-state index in [1.807, 2.05) is 45.0 Å². The number of halogens is 1. The highest BCUT2D eigenvalue weighted by atomic mass is 127. The van der Waals surface area contributed by atoms with E-state index in [2.05, 4.69) is 30.9 Å². The van der Waals surface area contributed by atoms with Gasteiger partial charge in [0, 0.05) is 18.7 Å². The van der Waals surface area contributed by atoms with Gasteiger partial charge < -0.3 is 14.6 Å². The van der Waals surface area contributed by atoms with Crippen molar-refractivity contribution < 1.29 is 22.4 Å². The van der Waals surface area contributed by atoms with Crippen molar-refractivity contribution >= 4 is 33.1 Å². The Hall–Kier alpha value is -2.59. The van der Waals surface area contributed by atoms with Crippen LogP contribution < -0.4 is 4.74 Å². The second-order valence-electron chi connectivity index (χ2n) is 9.59. The van der Waals surface area contributed by atoms with Gasteiger partial charge in [0.05, 0.1) is 17.4 Å². The molecule has 1 N–H and O–H groups in total. The molecular formula is C29H39IN2O5. The fourth-order valence-electron chi connectivity index (χ4n) is 4.02. The molecule has 0 aliphatic carbocycles. The van der Waals surface area contributed by atoms with Crippen LogP contribution in [0.1, 0.15) is 61.1 Å². The van der Waals surface area contributed by atoms with Gasteiger partial charge in [0.1, 0.15) is 5.75 Å². The van der Waals surface area contributed by atoms with E-state index in [4.69, 9.17) is 14.5 Å². The van der Waals surface area contributed by atoms with Crippen molar-refractivity contribution in [3.63, 3.8) is 0 Å². The van der Waals surface area contributed by atoms with Crippen LogP contribution in [0.2, 0.25) is 0 Å². The van der Waals surface area contributed by atoms with Gasteiger partial charge in [-0.3, -0.25) is 7.97 Å². The van der Waals surface area contributed by atoms with Crippen LogP contribution in [0, 0.1) is 20.8 Å². The lowest BCUT2D eigenvalue weighted by molar-refractivity contribution is -0.152. The Kier molecular flexibility index (Phi) is 11.4. The summed E-state index contributed by atoms with van der Waals surface area (Å²) >= 11 is -1.22. The summed E-state index contributed by atoms with van der Waals surface area (Å²) in [4.78, 5) is 18.4. The fraction of sp³-hybridized carbons (Fsp3) is 0.448. The molecule has 0 saturated heterocycles. The summed E-state index contributed by atoms with van der Waals surface area (Å²) in [6.45, 7) is 14.2. The Morgan fingerprint density at radius 2 is 1.78 bits per heavy atom. The Labute approximate surface area is 231 Å². The molecule has 2 rings (SSSR count). The van der Waals surface area contributed by atoms with Crippen LogP contribution in [0.25, 0.3) is 0 Å². The number of aliphatic imine (C=N–C) groups is 1. The molecule has 2 aromatic rings. The molecule has 0 aromatic heterocycles. The maximum Gasteiger partial charge on any atom is 0.347 e. The topological polar surface area (TPSA) is 88.4 Å². The van der Waals surface area contributed by atoms with Crippen molar-refractivity contribution in [2.75, 3.05) is 18.2 Å². The minimum atomic E-state index is -1.33. The average Bonchev–Trinajstić information content (AvgIpc) is 2.84. The van der Waals surface area contributed by atoms with Crippen LogP contribution in [-0.2, 0) is 25.6 Å². The number of hydrogen-bond acceptors (Lipinski definition) is 6. The first kappa shape index (κ1) is 30.6. The van der Waals surface area contributed by atoms with Crippen molar-refractivity contribution in [1.29, 1.82) is 0 Å². The molecule has 37 heavy (non-hydrogen) atoms. The standard InChI is InChI=1S/C29H39IN2O5/c1-9-23-15-24(12-11-19(23)3)27(36-8)31-25(10-2)17-32(18-30-35)16-22-13-20(4)26(21(5)14-22)37-29(6,7)28(33)34/h10-15H,9,16-18H2,1-8H3,(H,33,34)/b25-10+,31-27?. The normalized spacial score (nSPS) is 12.7. The van der Waals surface area contributed by atoms with Crippen molar-refractivity contribution in [3.05, 3.63) is 75.5 Å². The van der Waals surface area contributed by atoms with Gasteiger partial charge in [0.15, 0.2) is 26.8 Å². The summed E-state index contributed by atoms with van der Waals surface area (Å²) in [5.74, 6) is 0.105. The molecule has 0 bridgehead atoms. The van der Waals surface area contributed by atoms with Crippen molar-refractivity contribution in [1.82, 2.24) is 4.90 Å². The average molecular weight is 623 g/mol. The molecule has 0 saturated carbocycles. The number of aliphatic carboxylic acids is 1. The zero-order valence-electron chi connectivity index (χ0n) is 23.1. The SMILES string of the molecule is C/C=C(\CN(CI=O)Cc1cc(C)c(OC(C)(C)C(=O)O)c(C)c1)N=C(OC)c1ccc(C)c(CC)c1. The number of alkyl halides is 1. The van der Waals surface area contributed by atoms with Gasteiger partial charge in [-0.25, -0.2) is 9.79 Å². The number of aryl methyl sites for hydroxylation is 4. The summed E-state index contributed by atoms with van der Waals surface area (Å²) in [5.41, 5.74) is 5.67. The molecular weight excluding hydrogens is 583 g/mol. The zero-order valence-corrected chi connectivity index (χ0v) is 25.3. The highest BCUT2D eigenvalue weighted by molar-refractivity contribution is 14.1. The summed E-state index contributed by atoms with van der Waals surface area (Å²) < 4.78 is 23.7. The minimum Gasteiger partial charge on any atom is -0.481 e. The van der Waals surface area contributed by atoms with Crippen LogP contribution in [0.4, 0.5) is 0 Å². The largest absolute Gasteiger partial charge is 0.481 e. The predicted molar refractivity (Wildman–Crippen MR) is 156 cm³/mol. The second-order valence-corrected chi connectivity index (χ2v) is 10.9. The van der Waals surface area contributed by atoms with Gasteiger partial charge in [-0.2, -0.15) is 0 Å². The number of hydrogen-bond donors (Lipinski definition) is 1. The van der Waals surface area contributed by atoms with Gasteiger partial charge in [-0.05, 0) is 87.9 Å². The Bertz CT molecular complexity index is 1160. The molecule has 2 aromatic carbocycles. The van der Waals surface area contributed by atoms with Gasteiger partial charge in [0.2, 0.25) is 5.90 Å². The van der Waals surface area contributed by atoms with Gasteiger partial charge >= 0.3 is 5.97 Å². The first-order valence-electron chi connectivity index (χ1n) is 12.3. The van der Waals surface area contributed by atoms with Crippen LogP contribution in [0.5, 0.6) is 5.75 Å². The van der Waals surface area contributed by atoms with E-state index < -0.39 is 32.8 Å². The van der Waals surface area contributed by atoms with E-state index in [0.717, 1.165) is 34.4 Å². The molecule has 0 fully saturated rings.